The third kappa shape index (κ3) is 4.70. The maximum Gasteiger partial charge on any atom is 0.0741 e. The molecule has 0 aliphatic heterocycles. The fourth-order valence-corrected chi connectivity index (χ4v) is 0.929. The molecule has 2 atom stereocenters. The van der Waals surface area contributed by atoms with Gasteiger partial charge in [0.2, 0.25) is 0 Å². The molecule has 74 valence electrons. The first kappa shape index (κ1) is 11.9. The van der Waals surface area contributed by atoms with E-state index in [1.54, 1.807) is 21.0 Å². The summed E-state index contributed by atoms with van der Waals surface area (Å²) in [4.78, 5) is 0. The molecular weight excluding hydrogens is 154 g/mol. The number of ether oxygens (including phenoxy) is 1. The van der Waals surface area contributed by atoms with Crippen LogP contribution in [0, 0.1) is 0 Å². The third-order valence-electron chi connectivity index (χ3n) is 2.01. The van der Waals surface area contributed by atoms with Crippen LogP contribution in [0.5, 0.6) is 0 Å². The van der Waals surface area contributed by atoms with Crippen LogP contribution in [0.4, 0.5) is 0 Å². The minimum atomic E-state index is -0.679. The van der Waals surface area contributed by atoms with Crippen molar-refractivity contribution < 1.29 is 9.84 Å². The molecule has 0 aromatic rings. The molecule has 12 heavy (non-hydrogen) atoms. The van der Waals surface area contributed by atoms with Gasteiger partial charge in [-0.3, -0.25) is 0 Å². The Hall–Kier alpha value is -0.120. The molecule has 2 unspecified atom stereocenters. The second-order valence-corrected chi connectivity index (χ2v) is 3.90. The smallest absolute Gasteiger partial charge is 0.0741 e. The first-order valence-corrected chi connectivity index (χ1v) is 4.35. The molecule has 0 spiro atoms. The molecule has 0 aliphatic carbocycles. The second kappa shape index (κ2) is 4.80. The molecular formula is C9H21NO2. The molecule has 0 saturated heterocycles. The van der Waals surface area contributed by atoms with E-state index in [1.165, 1.54) is 0 Å². The molecule has 0 aliphatic rings. The van der Waals surface area contributed by atoms with E-state index in [2.05, 4.69) is 5.32 Å². The molecule has 0 fully saturated rings. The Labute approximate surface area is 75.1 Å². The fourth-order valence-electron chi connectivity index (χ4n) is 0.929. The zero-order valence-electron chi connectivity index (χ0n) is 8.72. The van der Waals surface area contributed by atoms with Crippen molar-refractivity contribution in [3.63, 3.8) is 0 Å². The Morgan fingerprint density at radius 1 is 1.42 bits per heavy atom. The lowest BCUT2D eigenvalue weighted by molar-refractivity contribution is 0.0353. The Balaban J connectivity index is 3.76. The van der Waals surface area contributed by atoms with E-state index in [9.17, 15) is 5.11 Å². The van der Waals surface area contributed by atoms with E-state index in [4.69, 9.17) is 4.74 Å². The van der Waals surface area contributed by atoms with E-state index in [0.29, 0.717) is 6.61 Å². The largest absolute Gasteiger partial charge is 0.389 e. The first-order valence-electron chi connectivity index (χ1n) is 4.35. The first-order chi connectivity index (χ1) is 5.38. The van der Waals surface area contributed by atoms with Crippen LogP contribution in [0.3, 0.4) is 0 Å². The molecule has 0 aromatic heterocycles. The van der Waals surface area contributed by atoms with E-state index in [0.717, 1.165) is 0 Å². The van der Waals surface area contributed by atoms with Crippen LogP contribution in [0.1, 0.15) is 27.7 Å². The highest BCUT2D eigenvalue weighted by atomic mass is 16.5. The predicted octanol–water partition coefficient (Wildman–Crippen LogP) is 0.770. The molecule has 0 bridgehead atoms. The van der Waals surface area contributed by atoms with Crippen molar-refractivity contribution in [3.8, 4) is 0 Å². The van der Waals surface area contributed by atoms with Crippen molar-refractivity contribution in [2.45, 2.75) is 45.4 Å². The number of hydrogen-bond acceptors (Lipinski definition) is 3. The summed E-state index contributed by atoms with van der Waals surface area (Å²) in [5.41, 5.74) is -0.679. The topological polar surface area (TPSA) is 41.5 Å². The van der Waals surface area contributed by atoms with Gasteiger partial charge in [0.1, 0.15) is 0 Å². The zero-order chi connectivity index (χ0) is 9.78. The van der Waals surface area contributed by atoms with Crippen molar-refractivity contribution in [3.05, 3.63) is 0 Å². The molecule has 0 heterocycles. The van der Waals surface area contributed by atoms with Gasteiger partial charge >= 0.3 is 0 Å². The van der Waals surface area contributed by atoms with Crippen LogP contribution in [0.25, 0.3) is 0 Å². The Morgan fingerprint density at radius 2 is 1.92 bits per heavy atom. The summed E-state index contributed by atoms with van der Waals surface area (Å²) in [6.45, 7) is 8.26. The van der Waals surface area contributed by atoms with Gasteiger partial charge in [0.25, 0.3) is 0 Å². The number of rotatable bonds is 5. The molecule has 0 aromatic carbocycles. The van der Waals surface area contributed by atoms with Gasteiger partial charge < -0.3 is 15.2 Å². The maximum atomic E-state index is 9.60. The SMILES string of the molecule is COCC(C)NC(C)C(C)(C)O. The van der Waals surface area contributed by atoms with Gasteiger partial charge in [0.05, 0.1) is 12.2 Å². The van der Waals surface area contributed by atoms with E-state index in [-0.39, 0.29) is 12.1 Å². The molecule has 2 N–H and O–H groups in total. The lowest BCUT2D eigenvalue weighted by atomic mass is 10.0. The highest BCUT2D eigenvalue weighted by molar-refractivity contribution is 4.81. The molecule has 3 nitrogen and oxygen atoms in total. The van der Waals surface area contributed by atoms with E-state index >= 15 is 0 Å². The van der Waals surface area contributed by atoms with Crippen LogP contribution in [-0.2, 0) is 4.74 Å². The van der Waals surface area contributed by atoms with E-state index < -0.39 is 5.60 Å². The summed E-state index contributed by atoms with van der Waals surface area (Å²) < 4.78 is 4.97. The summed E-state index contributed by atoms with van der Waals surface area (Å²) >= 11 is 0. The van der Waals surface area contributed by atoms with Crippen LogP contribution in [0.15, 0.2) is 0 Å². The van der Waals surface area contributed by atoms with Gasteiger partial charge in [-0.15, -0.1) is 0 Å². The Bertz CT molecular complexity index is 120. The van der Waals surface area contributed by atoms with Gasteiger partial charge in [-0.1, -0.05) is 0 Å². The number of hydrogen-bond donors (Lipinski definition) is 2. The van der Waals surface area contributed by atoms with Crippen molar-refractivity contribution in [2.75, 3.05) is 13.7 Å². The monoisotopic (exact) mass is 175 g/mol. The quantitative estimate of drug-likeness (QED) is 0.648. The summed E-state index contributed by atoms with van der Waals surface area (Å²) in [5.74, 6) is 0. The van der Waals surface area contributed by atoms with Crippen LogP contribution in [-0.4, -0.2) is 36.5 Å². The highest BCUT2D eigenvalue weighted by Crippen LogP contribution is 2.07. The summed E-state index contributed by atoms with van der Waals surface area (Å²) in [6, 6.07) is 0.346. The number of methoxy groups -OCH3 is 1. The maximum absolute atomic E-state index is 9.60. The average molecular weight is 175 g/mol. The fraction of sp³-hybridized carbons (Fsp3) is 1.00. The Kier molecular flexibility index (Phi) is 4.75. The van der Waals surface area contributed by atoms with Gasteiger partial charge in [-0.05, 0) is 27.7 Å². The van der Waals surface area contributed by atoms with E-state index in [1.807, 2.05) is 13.8 Å². The van der Waals surface area contributed by atoms with Gasteiger partial charge in [-0.2, -0.15) is 0 Å². The lowest BCUT2D eigenvalue weighted by Gasteiger charge is -2.29. The zero-order valence-corrected chi connectivity index (χ0v) is 8.72. The number of nitrogens with one attached hydrogen (secondary N) is 1. The summed E-state index contributed by atoms with van der Waals surface area (Å²) in [7, 11) is 1.67. The van der Waals surface area contributed by atoms with Crippen LogP contribution >= 0.6 is 0 Å². The minimum absolute atomic E-state index is 0.0719. The second-order valence-electron chi connectivity index (χ2n) is 3.90. The van der Waals surface area contributed by atoms with Crippen molar-refractivity contribution in [1.29, 1.82) is 0 Å². The number of aliphatic hydroxyl groups is 1. The molecule has 0 radical (unpaired) electrons. The molecule has 0 saturated carbocycles. The van der Waals surface area contributed by atoms with Crippen molar-refractivity contribution >= 4 is 0 Å². The summed E-state index contributed by atoms with van der Waals surface area (Å²) in [5, 5.41) is 12.8. The molecule has 0 rings (SSSR count). The van der Waals surface area contributed by atoms with Gasteiger partial charge in [0, 0.05) is 19.2 Å². The predicted molar refractivity (Wildman–Crippen MR) is 50.2 cm³/mol. The van der Waals surface area contributed by atoms with Crippen molar-refractivity contribution in [1.82, 2.24) is 5.32 Å². The van der Waals surface area contributed by atoms with Crippen molar-refractivity contribution in [2.24, 2.45) is 0 Å². The van der Waals surface area contributed by atoms with Gasteiger partial charge in [0.15, 0.2) is 0 Å². The summed E-state index contributed by atoms with van der Waals surface area (Å²) in [6.07, 6.45) is 0. The Morgan fingerprint density at radius 3 is 2.25 bits per heavy atom. The highest BCUT2D eigenvalue weighted by Gasteiger charge is 2.22. The minimum Gasteiger partial charge on any atom is -0.389 e. The molecule has 0 amide bonds. The molecule has 3 heteroatoms. The average Bonchev–Trinajstić information content (AvgIpc) is 1.85. The van der Waals surface area contributed by atoms with Crippen LogP contribution in [0.2, 0.25) is 0 Å². The normalized spacial score (nSPS) is 17.5. The third-order valence-corrected chi connectivity index (χ3v) is 2.01. The van der Waals surface area contributed by atoms with Gasteiger partial charge in [-0.25, -0.2) is 0 Å². The van der Waals surface area contributed by atoms with Crippen LogP contribution < -0.4 is 5.32 Å². The standard InChI is InChI=1S/C9H21NO2/c1-7(6-12-5)10-8(2)9(3,4)11/h7-8,10-11H,6H2,1-5H3. The lowest BCUT2D eigenvalue weighted by Crippen LogP contribution is -2.49.